The highest BCUT2D eigenvalue weighted by atomic mass is 15.2. The molecule has 5 nitrogen and oxygen atoms in total. The first-order chi connectivity index (χ1) is 9.72. The molecule has 2 aromatic heterocycles. The van der Waals surface area contributed by atoms with E-state index in [1.54, 1.807) is 0 Å². The zero-order chi connectivity index (χ0) is 13.9. The quantitative estimate of drug-likeness (QED) is 0.788. The van der Waals surface area contributed by atoms with E-state index in [-0.39, 0.29) is 0 Å². The third kappa shape index (κ3) is 2.61. The van der Waals surface area contributed by atoms with Gasteiger partial charge in [0.15, 0.2) is 0 Å². The second-order valence-electron chi connectivity index (χ2n) is 4.80. The fourth-order valence-electron chi connectivity index (χ4n) is 2.16. The van der Waals surface area contributed by atoms with Crippen LogP contribution in [-0.2, 0) is 13.5 Å². The Morgan fingerprint density at radius 1 is 1.10 bits per heavy atom. The molecule has 2 heterocycles. The topological polar surface area (TPSA) is 55.6 Å². The number of benzene rings is 1. The number of anilines is 1. The zero-order valence-corrected chi connectivity index (χ0v) is 11.7. The van der Waals surface area contributed by atoms with Gasteiger partial charge in [0, 0.05) is 26.2 Å². The van der Waals surface area contributed by atoms with Crippen LogP contribution in [0.4, 0.5) is 5.82 Å². The lowest BCUT2D eigenvalue weighted by Gasteiger charge is -2.08. The molecule has 0 aliphatic carbocycles. The molecule has 3 aromatic rings. The van der Waals surface area contributed by atoms with Gasteiger partial charge in [0.1, 0.15) is 5.82 Å². The molecule has 5 heteroatoms. The molecule has 0 radical (unpaired) electrons. The van der Waals surface area contributed by atoms with E-state index in [0.29, 0.717) is 0 Å². The number of nitrogens with one attached hydrogen (secondary N) is 1. The first-order valence-electron chi connectivity index (χ1n) is 6.68. The van der Waals surface area contributed by atoms with Gasteiger partial charge >= 0.3 is 0 Å². The predicted molar refractivity (Wildman–Crippen MR) is 79.7 cm³/mol. The van der Waals surface area contributed by atoms with E-state index in [9.17, 15) is 0 Å². The van der Waals surface area contributed by atoms with Gasteiger partial charge in [-0.05, 0) is 25.1 Å². The molecule has 20 heavy (non-hydrogen) atoms. The average Bonchev–Trinajstić information content (AvgIpc) is 2.85. The first kappa shape index (κ1) is 12.6. The summed E-state index contributed by atoms with van der Waals surface area (Å²) in [5.74, 6) is 0.847. The molecule has 3 rings (SSSR count). The van der Waals surface area contributed by atoms with Crippen LogP contribution in [0, 0.1) is 6.92 Å². The predicted octanol–water partition coefficient (Wildman–Crippen LogP) is 2.33. The van der Waals surface area contributed by atoms with Gasteiger partial charge < -0.3 is 5.32 Å². The van der Waals surface area contributed by atoms with Crippen molar-refractivity contribution in [3.05, 3.63) is 47.9 Å². The molecule has 0 saturated heterocycles. The van der Waals surface area contributed by atoms with Crippen LogP contribution in [0.5, 0.6) is 0 Å². The minimum absolute atomic E-state index is 0.797. The summed E-state index contributed by atoms with van der Waals surface area (Å²) in [5, 5.41) is 7.69. The van der Waals surface area contributed by atoms with E-state index in [1.807, 2.05) is 55.2 Å². The molecular weight excluding hydrogens is 250 g/mol. The molecule has 0 atom stereocenters. The van der Waals surface area contributed by atoms with Gasteiger partial charge in [0.25, 0.3) is 0 Å². The van der Waals surface area contributed by atoms with Crippen molar-refractivity contribution < 1.29 is 0 Å². The van der Waals surface area contributed by atoms with Gasteiger partial charge in [-0.3, -0.25) is 4.68 Å². The largest absolute Gasteiger partial charge is 0.368 e. The fourth-order valence-corrected chi connectivity index (χ4v) is 2.16. The molecule has 0 unspecified atom stereocenters. The summed E-state index contributed by atoms with van der Waals surface area (Å²) < 4.78 is 1.82. The van der Waals surface area contributed by atoms with Crippen LogP contribution in [0.15, 0.2) is 36.5 Å². The number of fused-ring (bicyclic) bond motifs is 1. The molecule has 102 valence electrons. The van der Waals surface area contributed by atoms with Crippen LogP contribution in [0.3, 0.4) is 0 Å². The molecule has 0 amide bonds. The molecule has 0 saturated carbocycles. The summed E-state index contributed by atoms with van der Waals surface area (Å²) in [7, 11) is 1.93. The summed E-state index contributed by atoms with van der Waals surface area (Å²) in [5.41, 5.74) is 3.84. The number of aromatic nitrogens is 4. The van der Waals surface area contributed by atoms with Crippen LogP contribution in [-0.4, -0.2) is 26.3 Å². The zero-order valence-electron chi connectivity index (χ0n) is 11.7. The van der Waals surface area contributed by atoms with Gasteiger partial charge in [-0.15, -0.1) is 0 Å². The minimum Gasteiger partial charge on any atom is -0.368 e. The maximum atomic E-state index is 4.61. The Morgan fingerprint density at radius 3 is 2.55 bits per heavy atom. The Kier molecular flexibility index (Phi) is 3.33. The minimum atomic E-state index is 0.797. The standard InChI is InChI=1S/C15H17N5/c1-11-15(16-9-7-12-8-10-20(2)19-12)18-14-6-4-3-5-13(14)17-11/h3-6,8,10H,7,9H2,1-2H3,(H,16,18). The van der Waals surface area contributed by atoms with E-state index < -0.39 is 0 Å². The third-order valence-electron chi connectivity index (χ3n) is 3.19. The highest BCUT2D eigenvalue weighted by Crippen LogP contribution is 2.15. The summed E-state index contributed by atoms with van der Waals surface area (Å²) >= 11 is 0. The number of hydrogen-bond acceptors (Lipinski definition) is 4. The van der Waals surface area contributed by atoms with Crippen molar-refractivity contribution in [1.82, 2.24) is 19.7 Å². The monoisotopic (exact) mass is 267 g/mol. The maximum Gasteiger partial charge on any atom is 0.148 e. The highest BCUT2D eigenvalue weighted by molar-refractivity contribution is 5.76. The molecule has 0 aliphatic heterocycles. The van der Waals surface area contributed by atoms with Crippen molar-refractivity contribution in [2.75, 3.05) is 11.9 Å². The summed E-state index contributed by atoms with van der Waals surface area (Å²) in [6, 6.07) is 9.94. The molecule has 1 aromatic carbocycles. The molecule has 0 bridgehead atoms. The van der Waals surface area contributed by atoms with Crippen LogP contribution in [0.25, 0.3) is 11.0 Å². The molecule has 0 spiro atoms. The average molecular weight is 267 g/mol. The van der Waals surface area contributed by atoms with Crippen molar-refractivity contribution in [2.24, 2.45) is 7.05 Å². The van der Waals surface area contributed by atoms with E-state index in [1.165, 1.54) is 0 Å². The van der Waals surface area contributed by atoms with Crippen molar-refractivity contribution in [1.29, 1.82) is 0 Å². The normalized spacial score (nSPS) is 10.9. The maximum absolute atomic E-state index is 4.61. The van der Waals surface area contributed by atoms with Crippen molar-refractivity contribution >= 4 is 16.9 Å². The number of nitrogens with zero attached hydrogens (tertiary/aromatic N) is 4. The second kappa shape index (κ2) is 5.28. The highest BCUT2D eigenvalue weighted by Gasteiger charge is 2.04. The Hall–Kier alpha value is -2.43. The van der Waals surface area contributed by atoms with E-state index >= 15 is 0 Å². The molecule has 0 aliphatic rings. The molecule has 1 N–H and O–H groups in total. The second-order valence-corrected chi connectivity index (χ2v) is 4.80. The summed E-state index contributed by atoms with van der Waals surface area (Å²) in [6.07, 6.45) is 2.82. The lowest BCUT2D eigenvalue weighted by Crippen LogP contribution is -2.09. The van der Waals surface area contributed by atoms with Crippen LogP contribution in [0.2, 0.25) is 0 Å². The fraction of sp³-hybridized carbons (Fsp3) is 0.267. The third-order valence-corrected chi connectivity index (χ3v) is 3.19. The Labute approximate surface area is 117 Å². The van der Waals surface area contributed by atoms with Gasteiger partial charge in [-0.25, -0.2) is 9.97 Å². The molecular formula is C15H17N5. The van der Waals surface area contributed by atoms with Crippen LogP contribution in [0.1, 0.15) is 11.4 Å². The first-order valence-corrected chi connectivity index (χ1v) is 6.68. The number of rotatable bonds is 4. The summed E-state index contributed by atoms with van der Waals surface area (Å²) in [4.78, 5) is 9.17. The number of para-hydroxylation sites is 2. The Morgan fingerprint density at radius 2 is 1.85 bits per heavy atom. The van der Waals surface area contributed by atoms with Gasteiger partial charge in [0.2, 0.25) is 0 Å². The van der Waals surface area contributed by atoms with Crippen LogP contribution >= 0.6 is 0 Å². The smallest absolute Gasteiger partial charge is 0.148 e. The van der Waals surface area contributed by atoms with Crippen molar-refractivity contribution in [3.8, 4) is 0 Å². The van der Waals surface area contributed by atoms with Crippen LogP contribution < -0.4 is 5.32 Å². The number of aryl methyl sites for hydroxylation is 2. The Bertz CT molecular complexity index is 732. The Balaban J connectivity index is 1.72. The van der Waals surface area contributed by atoms with Gasteiger partial charge in [-0.2, -0.15) is 5.10 Å². The molecule has 0 fully saturated rings. The van der Waals surface area contributed by atoms with E-state index in [0.717, 1.165) is 41.2 Å². The lowest BCUT2D eigenvalue weighted by atomic mass is 10.3. The van der Waals surface area contributed by atoms with E-state index in [4.69, 9.17) is 0 Å². The number of hydrogen-bond donors (Lipinski definition) is 1. The van der Waals surface area contributed by atoms with E-state index in [2.05, 4.69) is 20.4 Å². The van der Waals surface area contributed by atoms with Gasteiger partial charge in [0.05, 0.1) is 22.4 Å². The SMILES string of the molecule is Cc1nc2ccccc2nc1NCCc1ccn(C)n1. The van der Waals surface area contributed by atoms with Crippen molar-refractivity contribution in [2.45, 2.75) is 13.3 Å². The van der Waals surface area contributed by atoms with Gasteiger partial charge in [-0.1, -0.05) is 12.1 Å². The summed E-state index contributed by atoms with van der Waals surface area (Å²) in [6.45, 7) is 2.77. The lowest BCUT2D eigenvalue weighted by molar-refractivity contribution is 0.742. The van der Waals surface area contributed by atoms with Crippen molar-refractivity contribution in [3.63, 3.8) is 0 Å².